The van der Waals surface area contributed by atoms with Crippen LogP contribution in [0.3, 0.4) is 0 Å². The molecular formula is C9H6N4. The van der Waals surface area contributed by atoms with E-state index in [1.807, 2.05) is 30.3 Å². The van der Waals surface area contributed by atoms with E-state index in [0.717, 1.165) is 16.4 Å². The van der Waals surface area contributed by atoms with Gasteiger partial charge in [0.1, 0.15) is 5.52 Å². The number of nitrogens with zero attached hydrogens (tertiary/aromatic N) is 3. The lowest BCUT2D eigenvalue weighted by atomic mass is 10.2. The van der Waals surface area contributed by atoms with Crippen molar-refractivity contribution in [2.75, 3.05) is 0 Å². The fourth-order valence-electron chi connectivity index (χ4n) is 1.39. The molecule has 0 radical (unpaired) electrons. The molecule has 0 aliphatic rings. The highest BCUT2D eigenvalue weighted by molar-refractivity contribution is 5.88. The highest BCUT2D eigenvalue weighted by Gasteiger charge is 2.00. The van der Waals surface area contributed by atoms with Crippen LogP contribution in [0, 0.1) is 0 Å². The molecule has 0 amide bonds. The van der Waals surface area contributed by atoms with Crippen LogP contribution in [0.25, 0.3) is 22.1 Å². The number of H-pyrrole nitrogens is 1. The van der Waals surface area contributed by atoms with Gasteiger partial charge in [-0.1, -0.05) is 18.2 Å². The summed E-state index contributed by atoms with van der Waals surface area (Å²) < 4.78 is 0. The second-order valence-corrected chi connectivity index (χ2v) is 2.85. The van der Waals surface area contributed by atoms with E-state index in [4.69, 9.17) is 0 Å². The van der Waals surface area contributed by atoms with Crippen LogP contribution in [-0.2, 0) is 0 Å². The molecule has 4 nitrogen and oxygen atoms in total. The van der Waals surface area contributed by atoms with E-state index in [9.17, 15) is 0 Å². The van der Waals surface area contributed by atoms with Gasteiger partial charge in [-0.3, -0.25) is 0 Å². The number of aromatic amines is 1. The first kappa shape index (κ1) is 6.54. The second kappa shape index (κ2) is 2.26. The van der Waals surface area contributed by atoms with E-state index in [1.165, 1.54) is 0 Å². The Morgan fingerprint density at radius 1 is 1.00 bits per heavy atom. The molecule has 1 aromatic carbocycles. The van der Waals surface area contributed by atoms with Crippen molar-refractivity contribution in [3.05, 3.63) is 30.3 Å². The molecule has 0 fully saturated rings. The maximum absolute atomic E-state index is 4.33. The summed E-state index contributed by atoms with van der Waals surface area (Å²) in [6.45, 7) is 0. The van der Waals surface area contributed by atoms with Gasteiger partial charge in [0.25, 0.3) is 0 Å². The summed E-state index contributed by atoms with van der Waals surface area (Å²) in [5, 5.41) is 11.5. The Hall–Kier alpha value is -1.97. The van der Waals surface area contributed by atoms with Gasteiger partial charge in [0, 0.05) is 5.39 Å². The molecule has 0 bridgehead atoms. The molecule has 0 saturated carbocycles. The lowest BCUT2D eigenvalue weighted by Gasteiger charge is -1.93. The average molecular weight is 170 g/mol. The van der Waals surface area contributed by atoms with Crippen molar-refractivity contribution in [3.63, 3.8) is 0 Å². The summed E-state index contributed by atoms with van der Waals surface area (Å²) in [7, 11) is 0. The van der Waals surface area contributed by atoms with Crippen molar-refractivity contribution in [2.24, 2.45) is 0 Å². The van der Waals surface area contributed by atoms with Crippen molar-refractivity contribution < 1.29 is 0 Å². The van der Waals surface area contributed by atoms with Crippen LogP contribution < -0.4 is 0 Å². The summed E-state index contributed by atoms with van der Waals surface area (Å²) in [6.07, 6.45) is 0. The largest absolute Gasteiger partial charge is 0.225 e. The predicted octanol–water partition coefficient (Wildman–Crippen LogP) is 1.51. The first-order valence-corrected chi connectivity index (χ1v) is 4.00. The van der Waals surface area contributed by atoms with Crippen LogP contribution >= 0.6 is 0 Å². The molecule has 3 aromatic rings. The third-order valence-corrected chi connectivity index (χ3v) is 2.01. The number of aromatic nitrogens is 4. The zero-order chi connectivity index (χ0) is 8.67. The monoisotopic (exact) mass is 170 g/mol. The maximum Gasteiger partial charge on any atom is 0.202 e. The van der Waals surface area contributed by atoms with Gasteiger partial charge >= 0.3 is 0 Å². The summed E-state index contributed by atoms with van der Waals surface area (Å²) in [5.41, 5.74) is 2.42. The minimum Gasteiger partial charge on any atom is -0.225 e. The lowest BCUT2D eigenvalue weighted by Crippen LogP contribution is -1.79. The van der Waals surface area contributed by atoms with Crippen molar-refractivity contribution >= 4 is 22.1 Å². The van der Waals surface area contributed by atoms with Crippen molar-refractivity contribution in [3.8, 4) is 0 Å². The van der Waals surface area contributed by atoms with Crippen molar-refractivity contribution in [2.45, 2.75) is 0 Å². The topological polar surface area (TPSA) is 54.5 Å². The number of rotatable bonds is 0. The molecule has 0 aliphatic carbocycles. The molecule has 0 atom stereocenters. The Kier molecular flexibility index (Phi) is 1.14. The van der Waals surface area contributed by atoms with Gasteiger partial charge in [-0.25, -0.2) is 4.98 Å². The minimum atomic E-state index is 0.665. The van der Waals surface area contributed by atoms with Gasteiger partial charge < -0.3 is 0 Å². The van der Waals surface area contributed by atoms with Crippen LogP contribution in [0.4, 0.5) is 0 Å². The summed E-state index contributed by atoms with van der Waals surface area (Å²) in [6, 6.07) is 9.89. The van der Waals surface area contributed by atoms with Gasteiger partial charge in [-0.05, 0) is 12.1 Å². The van der Waals surface area contributed by atoms with Gasteiger partial charge in [-0.2, -0.15) is 10.3 Å². The SMILES string of the molecule is c1ccc2nc3n[nH]nc3cc2c1. The quantitative estimate of drug-likeness (QED) is 0.556. The molecule has 0 unspecified atom stereocenters. The molecule has 0 spiro atoms. The Morgan fingerprint density at radius 3 is 2.92 bits per heavy atom. The third-order valence-electron chi connectivity index (χ3n) is 2.01. The van der Waals surface area contributed by atoms with Gasteiger partial charge in [0.2, 0.25) is 5.65 Å². The number of nitrogens with one attached hydrogen (secondary N) is 1. The number of hydrogen-bond acceptors (Lipinski definition) is 3. The summed E-state index contributed by atoms with van der Waals surface area (Å²) >= 11 is 0. The van der Waals surface area contributed by atoms with Crippen molar-refractivity contribution in [1.29, 1.82) is 0 Å². The lowest BCUT2D eigenvalue weighted by molar-refractivity contribution is 0.955. The van der Waals surface area contributed by atoms with Crippen molar-refractivity contribution in [1.82, 2.24) is 20.4 Å². The predicted molar refractivity (Wildman–Crippen MR) is 49.2 cm³/mol. The summed E-state index contributed by atoms with van der Waals surface area (Å²) in [5.74, 6) is 0. The van der Waals surface area contributed by atoms with E-state index in [2.05, 4.69) is 20.4 Å². The molecule has 3 rings (SSSR count). The number of para-hydroxylation sites is 1. The molecule has 62 valence electrons. The van der Waals surface area contributed by atoms with E-state index < -0.39 is 0 Å². The standard InChI is InChI=1S/C9H6N4/c1-2-4-7-6(3-1)5-8-9(10-7)12-13-11-8/h1-5H,(H,10,11,12,13). The van der Waals surface area contributed by atoms with Crippen LogP contribution in [-0.4, -0.2) is 20.4 Å². The van der Waals surface area contributed by atoms with E-state index in [1.54, 1.807) is 0 Å². The molecule has 13 heavy (non-hydrogen) atoms. The molecule has 2 heterocycles. The third kappa shape index (κ3) is 0.885. The van der Waals surface area contributed by atoms with Crippen LogP contribution in [0.2, 0.25) is 0 Å². The van der Waals surface area contributed by atoms with E-state index >= 15 is 0 Å². The minimum absolute atomic E-state index is 0.665. The smallest absolute Gasteiger partial charge is 0.202 e. The van der Waals surface area contributed by atoms with Gasteiger partial charge in [0.05, 0.1) is 5.52 Å². The molecule has 0 aliphatic heterocycles. The zero-order valence-corrected chi connectivity index (χ0v) is 6.73. The Labute approximate surface area is 73.6 Å². The molecule has 4 heteroatoms. The highest BCUT2D eigenvalue weighted by atomic mass is 15.3. The normalized spacial score (nSPS) is 11.1. The summed E-state index contributed by atoms with van der Waals surface area (Å²) in [4.78, 5) is 4.33. The molecular weight excluding hydrogens is 164 g/mol. The Morgan fingerprint density at radius 2 is 1.92 bits per heavy atom. The van der Waals surface area contributed by atoms with Crippen LogP contribution in [0.1, 0.15) is 0 Å². The van der Waals surface area contributed by atoms with Crippen LogP contribution in [0.5, 0.6) is 0 Å². The highest BCUT2D eigenvalue weighted by Crippen LogP contribution is 2.15. The molecule has 0 saturated heterocycles. The van der Waals surface area contributed by atoms with Gasteiger partial charge in [0.15, 0.2) is 0 Å². The number of benzene rings is 1. The zero-order valence-electron chi connectivity index (χ0n) is 6.73. The Bertz CT molecular complexity index is 520. The molecule has 2 aromatic heterocycles. The number of hydrogen-bond donors (Lipinski definition) is 1. The first-order valence-electron chi connectivity index (χ1n) is 4.00. The first-order chi connectivity index (χ1) is 6.43. The Balaban J connectivity index is 2.57. The number of fused-ring (bicyclic) bond motifs is 2. The average Bonchev–Trinajstić information content (AvgIpc) is 2.61. The fourth-order valence-corrected chi connectivity index (χ4v) is 1.39. The van der Waals surface area contributed by atoms with E-state index in [-0.39, 0.29) is 0 Å². The fraction of sp³-hybridized carbons (Fsp3) is 0. The number of pyridine rings is 1. The maximum atomic E-state index is 4.33. The second-order valence-electron chi connectivity index (χ2n) is 2.85. The van der Waals surface area contributed by atoms with Gasteiger partial charge in [-0.15, -0.1) is 5.10 Å². The van der Waals surface area contributed by atoms with Crippen LogP contribution in [0.15, 0.2) is 30.3 Å². The van der Waals surface area contributed by atoms with E-state index in [0.29, 0.717) is 5.65 Å². The molecule has 1 N–H and O–H groups in total.